The molecule has 178 valence electrons. The highest BCUT2D eigenvalue weighted by Crippen LogP contribution is 2.26. The molecule has 1 atom stereocenters. The summed E-state index contributed by atoms with van der Waals surface area (Å²) in [5, 5.41) is 15.7. The van der Waals surface area contributed by atoms with Gasteiger partial charge in [0.1, 0.15) is 0 Å². The number of halogens is 1. The SMILES string of the molecule is C=CCn1c(SCC(=O)Nc2cccc(Cl)c2)nnc1[C@@H](NC(=O)c1cccc(C)c1)C(C)C. The lowest BCUT2D eigenvalue weighted by Gasteiger charge is -2.22. The van der Waals surface area contributed by atoms with Gasteiger partial charge >= 0.3 is 0 Å². The molecule has 3 rings (SSSR count). The van der Waals surface area contributed by atoms with Crippen LogP contribution in [-0.4, -0.2) is 32.3 Å². The molecule has 0 unspecified atom stereocenters. The van der Waals surface area contributed by atoms with Crippen molar-refractivity contribution in [2.24, 2.45) is 5.92 Å². The Labute approximate surface area is 209 Å². The molecule has 2 N–H and O–H groups in total. The van der Waals surface area contributed by atoms with Gasteiger partial charge in [0.25, 0.3) is 5.91 Å². The fourth-order valence-corrected chi connectivity index (χ4v) is 4.32. The summed E-state index contributed by atoms with van der Waals surface area (Å²) in [6.07, 6.45) is 1.74. The maximum atomic E-state index is 12.9. The summed E-state index contributed by atoms with van der Waals surface area (Å²) < 4.78 is 1.88. The highest BCUT2D eigenvalue weighted by molar-refractivity contribution is 7.99. The average Bonchev–Trinajstić information content (AvgIpc) is 3.18. The van der Waals surface area contributed by atoms with Crippen LogP contribution < -0.4 is 10.6 Å². The van der Waals surface area contributed by atoms with Crippen LogP contribution in [0.2, 0.25) is 5.02 Å². The number of amides is 2. The highest BCUT2D eigenvalue weighted by atomic mass is 35.5. The topological polar surface area (TPSA) is 88.9 Å². The average molecular weight is 498 g/mol. The number of thioether (sulfide) groups is 1. The van der Waals surface area contributed by atoms with E-state index in [0.717, 1.165) is 5.56 Å². The number of nitrogens with zero attached hydrogens (tertiary/aromatic N) is 3. The number of carbonyl (C=O) groups is 2. The van der Waals surface area contributed by atoms with E-state index in [1.165, 1.54) is 11.8 Å². The van der Waals surface area contributed by atoms with Crippen molar-refractivity contribution in [2.45, 2.75) is 38.5 Å². The maximum Gasteiger partial charge on any atom is 0.251 e. The second-order valence-electron chi connectivity index (χ2n) is 8.15. The van der Waals surface area contributed by atoms with Gasteiger partial charge in [0.05, 0.1) is 11.8 Å². The van der Waals surface area contributed by atoms with Gasteiger partial charge in [-0.1, -0.05) is 67.0 Å². The van der Waals surface area contributed by atoms with Gasteiger partial charge in [-0.05, 0) is 43.2 Å². The number of allylic oxidation sites excluding steroid dienone is 1. The molecule has 1 heterocycles. The molecule has 0 saturated carbocycles. The summed E-state index contributed by atoms with van der Waals surface area (Å²) in [5.74, 6) is 0.462. The van der Waals surface area contributed by atoms with Crippen LogP contribution in [0.4, 0.5) is 5.69 Å². The van der Waals surface area contributed by atoms with Crippen molar-refractivity contribution >= 4 is 40.9 Å². The first-order valence-corrected chi connectivity index (χ1v) is 12.2. The number of aryl methyl sites for hydroxylation is 1. The van der Waals surface area contributed by atoms with E-state index < -0.39 is 0 Å². The minimum absolute atomic E-state index is 0.0607. The molecule has 0 bridgehead atoms. The van der Waals surface area contributed by atoms with Crippen molar-refractivity contribution in [1.29, 1.82) is 0 Å². The standard InChI is InChI=1S/C25H28ClN5O2S/c1-5-12-31-23(22(16(2)3)28-24(33)18-9-6-8-17(4)13-18)29-30-25(31)34-15-21(32)27-20-11-7-10-19(26)14-20/h5-11,13-14,16,22H,1,12,15H2,2-4H3,(H,27,32)(H,28,33)/t22-/m0/s1. The fraction of sp³-hybridized carbons (Fsp3) is 0.280. The minimum atomic E-state index is -0.366. The molecule has 34 heavy (non-hydrogen) atoms. The summed E-state index contributed by atoms with van der Waals surface area (Å²) in [4.78, 5) is 25.4. The smallest absolute Gasteiger partial charge is 0.251 e. The first kappa shape index (κ1) is 25.5. The Morgan fingerprint density at radius 1 is 1.18 bits per heavy atom. The molecule has 0 saturated heterocycles. The van der Waals surface area contributed by atoms with Gasteiger partial charge < -0.3 is 15.2 Å². The van der Waals surface area contributed by atoms with Gasteiger partial charge in [-0.2, -0.15) is 0 Å². The number of aromatic nitrogens is 3. The van der Waals surface area contributed by atoms with Crippen LogP contribution in [0.5, 0.6) is 0 Å². The molecule has 9 heteroatoms. The molecule has 0 spiro atoms. The number of benzene rings is 2. The molecular weight excluding hydrogens is 470 g/mol. The number of anilines is 1. The largest absolute Gasteiger partial charge is 0.342 e. The Kier molecular flexibility index (Phi) is 8.90. The summed E-state index contributed by atoms with van der Waals surface area (Å²) in [6.45, 7) is 10.3. The van der Waals surface area contributed by atoms with E-state index in [4.69, 9.17) is 11.6 Å². The van der Waals surface area contributed by atoms with Crippen LogP contribution in [0, 0.1) is 12.8 Å². The zero-order chi connectivity index (χ0) is 24.7. The Hall–Kier alpha value is -3.10. The molecule has 7 nitrogen and oxygen atoms in total. The van der Waals surface area contributed by atoms with Crippen molar-refractivity contribution in [1.82, 2.24) is 20.1 Å². The monoisotopic (exact) mass is 497 g/mol. The van der Waals surface area contributed by atoms with Crippen LogP contribution in [0.1, 0.15) is 41.6 Å². The van der Waals surface area contributed by atoms with E-state index in [-0.39, 0.29) is 29.5 Å². The Balaban J connectivity index is 1.75. The molecule has 0 aliphatic carbocycles. The predicted molar refractivity (Wildman–Crippen MR) is 137 cm³/mol. The molecule has 3 aromatic rings. The molecule has 0 fully saturated rings. The van der Waals surface area contributed by atoms with Crippen LogP contribution in [0.25, 0.3) is 0 Å². The molecular formula is C25H28ClN5O2S. The number of carbonyl (C=O) groups excluding carboxylic acids is 2. The lowest BCUT2D eigenvalue weighted by Crippen LogP contribution is -2.34. The number of hydrogen-bond acceptors (Lipinski definition) is 5. The first-order valence-electron chi connectivity index (χ1n) is 10.9. The molecule has 2 aromatic carbocycles. The van der Waals surface area contributed by atoms with Crippen molar-refractivity contribution in [3.8, 4) is 0 Å². The van der Waals surface area contributed by atoms with Gasteiger partial charge in [0.2, 0.25) is 5.91 Å². The third-order valence-corrected chi connectivity index (χ3v) is 6.21. The van der Waals surface area contributed by atoms with E-state index >= 15 is 0 Å². The Bertz CT molecular complexity index is 1180. The molecule has 2 amide bonds. The lowest BCUT2D eigenvalue weighted by atomic mass is 10.0. The normalized spacial score (nSPS) is 11.8. The lowest BCUT2D eigenvalue weighted by molar-refractivity contribution is -0.113. The predicted octanol–water partition coefficient (Wildman–Crippen LogP) is 5.28. The first-order chi connectivity index (χ1) is 16.3. The van der Waals surface area contributed by atoms with E-state index in [1.807, 2.05) is 43.5 Å². The van der Waals surface area contributed by atoms with Crippen molar-refractivity contribution < 1.29 is 9.59 Å². The Morgan fingerprint density at radius 3 is 2.62 bits per heavy atom. The number of rotatable bonds is 10. The molecule has 0 radical (unpaired) electrons. The third-order valence-electron chi connectivity index (χ3n) is 5.01. The molecule has 0 aliphatic rings. The minimum Gasteiger partial charge on any atom is -0.342 e. The van der Waals surface area contributed by atoms with E-state index in [0.29, 0.717) is 33.8 Å². The van der Waals surface area contributed by atoms with Crippen LogP contribution in [0.15, 0.2) is 66.3 Å². The maximum absolute atomic E-state index is 12.9. The second-order valence-corrected chi connectivity index (χ2v) is 9.53. The number of hydrogen-bond donors (Lipinski definition) is 2. The van der Waals surface area contributed by atoms with Gasteiger partial charge in [0.15, 0.2) is 11.0 Å². The van der Waals surface area contributed by atoms with Gasteiger partial charge in [-0.3, -0.25) is 9.59 Å². The highest BCUT2D eigenvalue weighted by Gasteiger charge is 2.26. The summed E-state index contributed by atoms with van der Waals surface area (Å²) in [6, 6.07) is 14.1. The molecule has 0 aliphatic heterocycles. The number of nitrogens with one attached hydrogen (secondary N) is 2. The van der Waals surface area contributed by atoms with Crippen LogP contribution >= 0.6 is 23.4 Å². The van der Waals surface area contributed by atoms with Gasteiger partial charge in [0, 0.05) is 22.8 Å². The van der Waals surface area contributed by atoms with Crippen LogP contribution in [0.3, 0.4) is 0 Å². The van der Waals surface area contributed by atoms with Crippen molar-refractivity contribution in [2.75, 3.05) is 11.1 Å². The van der Waals surface area contributed by atoms with Gasteiger partial charge in [-0.15, -0.1) is 16.8 Å². The summed E-state index contributed by atoms with van der Waals surface area (Å²) >= 11 is 7.25. The van der Waals surface area contributed by atoms with Gasteiger partial charge in [-0.25, -0.2) is 0 Å². The second kappa shape index (κ2) is 11.9. The fourth-order valence-electron chi connectivity index (χ4n) is 3.37. The van der Waals surface area contributed by atoms with Crippen molar-refractivity contribution in [3.05, 3.63) is 83.2 Å². The third kappa shape index (κ3) is 6.71. The zero-order valence-electron chi connectivity index (χ0n) is 19.4. The quantitative estimate of drug-likeness (QED) is 0.293. The van der Waals surface area contributed by atoms with E-state index in [1.54, 1.807) is 36.4 Å². The van der Waals surface area contributed by atoms with E-state index in [9.17, 15) is 9.59 Å². The summed E-state index contributed by atoms with van der Waals surface area (Å²) in [7, 11) is 0. The zero-order valence-corrected chi connectivity index (χ0v) is 21.0. The van der Waals surface area contributed by atoms with Crippen molar-refractivity contribution in [3.63, 3.8) is 0 Å². The van der Waals surface area contributed by atoms with Crippen LogP contribution in [-0.2, 0) is 11.3 Å². The summed E-state index contributed by atoms with van der Waals surface area (Å²) in [5.41, 5.74) is 2.23. The molecule has 1 aromatic heterocycles. The Morgan fingerprint density at radius 2 is 1.94 bits per heavy atom. The van der Waals surface area contributed by atoms with E-state index in [2.05, 4.69) is 27.4 Å².